The lowest BCUT2D eigenvalue weighted by atomic mass is 10.1. The van der Waals surface area contributed by atoms with E-state index in [1.54, 1.807) is 19.1 Å². The van der Waals surface area contributed by atoms with Gasteiger partial charge in [0.1, 0.15) is 5.38 Å². The Morgan fingerprint density at radius 1 is 1.47 bits per heavy atom. The molecule has 0 aromatic heterocycles. The molecule has 15 heavy (non-hydrogen) atoms. The quantitative estimate of drug-likeness (QED) is 0.766. The standard InChI is InChI=1S/C11H14ClNO2/c1-8(14)7-13-11(15)10(12)9-5-3-2-4-6-9/h2-6,8,10,14H,7H2,1H3,(H,13,15)/t8-,10?/m0/s1. The molecule has 1 amide bonds. The van der Waals surface area contributed by atoms with Gasteiger partial charge in [-0.25, -0.2) is 0 Å². The van der Waals surface area contributed by atoms with Crippen LogP contribution in [0.4, 0.5) is 0 Å². The third kappa shape index (κ3) is 3.90. The molecule has 0 saturated carbocycles. The highest BCUT2D eigenvalue weighted by Gasteiger charge is 2.16. The second kappa shape index (κ2) is 5.73. The van der Waals surface area contributed by atoms with Crippen LogP contribution in [0, 0.1) is 0 Å². The van der Waals surface area contributed by atoms with E-state index in [4.69, 9.17) is 16.7 Å². The fraction of sp³-hybridized carbons (Fsp3) is 0.364. The van der Waals surface area contributed by atoms with E-state index in [0.717, 1.165) is 5.56 Å². The summed E-state index contributed by atoms with van der Waals surface area (Å²) >= 11 is 5.95. The molecule has 3 nitrogen and oxygen atoms in total. The van der Waals surface area contributed by atoms with Gasteiger partial charge in [0, 0.05) is 6.54 Å². The Labute approximate surface area is 94.1 Å². The van der Waals surface area contributed by atoms with E-state index < -0.39 is 11.5 Å². The highest BCUT2D eigenvalue weighted by Crippen LogP contribution is 2.19. The minimum atomic E-state index is -0.704. The van der Waals surface area contributed by atoms with Crippen molar-refractivity contribution in [3.8, 4) is 0 Å². The zero-order valence-corrected chi connectivity index (χ0v) is 9.24. The van der Waals surface area contributed by atoms with Crippen molar-refractivity contribution >= 4 is 17.5 Å². The van der Waals surface area contributed by atoms with Crippen LogP contribution in [-0.2, 0) is 4.79 Å². The molecule has 0 radical (unpaired) electrons. The van der Waals surface area contributed by atoms with Crippen LogP contribution in [0.1, 0.15) is 17.9 Å². The predicted molar refractivity (Wildman–Crippen MR) is 59.7 cm³/mol. The molecule has 0 aliphatic heterocycles. The van der Waals surface area contributed by atoms with Gasteiger partial charge in [0.2, 0.25) is 5.91 Å². The number of aliphatic hydroxyl groups excluding tert-OH is 1. The average Bonchev–Trinajstić information content (AvgIpc) is 2.26. The fourth-order valence-corrected chi connectivity index (χ4v) is 1.33. The number of benzene rings is 1. The van der Waals surface area contributed by atoms with Gasteiger partial charge < -0.3 is 10.4 Å². The first-order valence-corrected chi connectivity index (χ1v) is 5.19. The van der Waals surface area contributed by atoms with Crippen molar-refractivity contribution in [2.75, 3.05) is 6.54 Å². The lowest BCUT2D eigenvalue weighted by Crippen LogP contribution is -2.32. The van der Waals surface area contributed by atoms with Crippen molar-refractivity contribution in [1.82, 2.24) is 5.32 Å². The van der Waals surface area contributed by atoms with Gasteiger partial charge in [-0.15, -0.1) is 11.6 Å². The van der Waals surface area contributed by atoms with Crippen LogP contribution >= 0.6 is 11.6 Å². The topological polar surface area (TPSA) is 49.3 Å². The molecular formula is C11H14ClNO2. The van der Waals surface area contributed by atoms with E-state index in [2.05, 4.69) is 5.32 Å². The molecule has 1 aromatic carbocycles. The second-order valence-corrected chi connectivity index (χ2v) is 3.80. The molecule has 0 fully saturated rings. The zero-order valence-electron chi connectivity index (χ0n) is 8.48. The summed E-state index contributed by atoms with van der Waals surface area (Å²) in [5.74, 6) is -0.288. The zero-order chi connectivity index (χ0) is 11.3. The van der Waals surface area contributed by atoms with Gasteiger partial charge in [0.05, 0.1) is 6.10 Å². The predicted octanol–water partition coefficient (Wildman–Crippen LogP) is 1.46. The SMILES string of the molecule is C[C@H](O)CNC(=O)C(Cl)c1ccccc1. The summed E-state index contributed by atoms with van der Waals surface area (Å²) in [7, 11) is 0. The summed E-state index contributed by atoms with van der Waals surface area (Å²) in [6, 6.07) is 9.10. The monoisotopic (exact) mass is 227 g/mol. The first kappa shape index (κ1) is 12.0. The van der Waals surface area contributed by atoms with Gasteiger partial charge in [0.15, 0.2) is 0 Å². The summed E-state index contributed by atoms with van der Waals surface area (Å²) in [5.41, 5.74) is 0.752. The number of nitrogens with one attached hydrogen (secondary N) is 1. The van der Waals surface area contributed by atoms with Crippen LogP contribution in [0.15, 0.2) is 30.3 Å². The van der Waals surface area contributed by atoms with Crippen LogP contribution < -0.4 is 5.32 Å². The average molecular weight is 228 g/mol. The van der Waals surface area contributed by atoms with E-state index in [0.29, 0.717) is 0 Å². The third-order valence-electron chi connectivity index (χ3n) is 1.89. The Morgan fingerprint density at radius 2 is 2.07 bits per heavy atom. The Balaban J connectivity index is 2.54. The lowest BCUT2D eigenvalue weighted by Gasteiger charge is -2.11. The van der Waals surface area contributed by atoms with Gasteiger partial charge in [-0.2, -0.15) is 0 Å². The number of rotatable bonds is 4. The van der Waals surface area contributed by atoms with E-state index in [1.807, 2.05) is 18.2 Å². The Hall–Kier alpha value is -1.06. The van der Waals surface area contributed by atoms with Gasteiger partial charge in [0.25, 0.3) is 0 Å². The lowest BCUT2D eigenvalue weighted by molar-refractivity contribution is -0.121. The molecule has 0 heterocycles. The molecule has 4 heteroatoms. The van der Waals surface area contributed by atoms with Crippen LogP contribution in [0.2, 0.25) is 0 Å². The Morgan fingerprint density at radius 3 is 2.60 bits per heavy atom. The van der Waals surface area contributed by atoms with Crippen LogP contribution in [0.5, 0.6) is 0 Å². The minimum absolute atomic E-state index is 0.217. The maximum atomic E-state index is 11.5. The van der Waals surface area contributed by atoms with Crippen molar-refractivity contribution in [3.63, 3.8) is 0 Å². The number of carbonyl (C=O) groups is 1. The molecule has 1 rings (SSSR count). The molecule has 0 spiro atoms. The molecule has 0 aliphatic carbocycles. The summed E-state index contributed by atoms with van der Waals surface area (Å²) in [4.78, 5) is 11.5. The maximum absolute atomic E-state index is 11.5. The molecule has 0 saturated heterocycles. The number of alkyl halides is 1. The summed E-state index contributed by atoms with van der Waals surface area (Å²) in [6.07, 6.45) is -0.561. The van der Waals surface area contributed by atoms with Crippen molar-refractivity contribution in [2.45, 2.75) is 18.4 Å². The summed E-state index contributed by atoms with van der Waals surface area (Å²) in [5, 5.41) is 10.9. The summed E-state index contributed by atoms with van der Waals surface area (Å²) in [6.45, 7) is 1.82. The number of hydrogen-bond acceptors (Lipinski definition) is 2. The molecule has 1 unspecified atom stereocenters. The van der Waals surface area contributed by atoms with Gasteiger partial charge in [-0.05, 0) is 12.5 Å². The number of amides is 1. The van der Waals surface area contributed by atoms with Gasteiger partial charge in [-0.1, -0.05) is 30.3 Å². The van der Waals surface area contributed by atoms with Gasteiger partial charge in [-0.3, -0.25) is 4.79 Å². The highest BCUT2D eigenvalue weighted by atomic mass is 35.5. The second-order valence-electron chi connectivity index (χ2n) is 3.37. The number of halogens is 1. The largest absolute Gasteiger partial charge is 0.392 e. The smallest absolute Gasteiger partial charge is 0.242 e. The van der Waals surface area contributed by atoms with E-state index in [9.17, 15) is 4.79 Å². The highest BCUT2D eigenvalue weighted by molar-refractivity contribution is 6.30. The van der Waals surface area contributed by atoms with Gasteiger partial charge >= 0.3 is 0 Å². The Kier molecular flexibility index (Phi) is 4.59. The number of hydrogen-bond donors (Lipinski definition) is 2. The van der Waals surface area contributed by atoms with Crippen LogP contribution in [-0.4, -0.2) is 23.7 Å². The molecule has 2 atom stereocenters. The Bertz CT molecular complexity index is 314. The molecular weight excluding hydrogens is 214 g/mol. The minimum Gasteiger partial charge on any atom is -0.392 e. The number of aliphatic hydroxyl groups is 1. The van der Waals surface area contributed by atoms with E-state index >= 15 is 0 Å². The molecule has 0 bridgehead atoms. The van der Waals surface area contributed by atoms with E-state index in [1.165, 1.54) is 0 Å². The van der Waals surface area contributed by atoms with Crippen LogP contribution in [0.3, 0.4) is 0 Å². The molecule has 2 N–H and O–H groups in total. The molecule has 1 aromatic rings. The van der Waals surface area contributed by atoms with Crippen molar-refractivity contribution in [1.29, 1.82) is 0 Å². The van der Waals surface area contributed by atoms with E-state index in [-0.39, 0.29) is 12.5 Å². The number of carbonyl (C=O) groups excluding carboxylic acids is 1. The first-order valence-electron chi connectivity index (χ1n) is 4.76. The first-order chi connectivity index (χ1) is 7.11. The van der Waals surface area contributed by atoms with Crippen molar-refractivity contribution in [2.24, 2.45) is 0 Å². The van der Waals surface area contributed by atoms with Crippen LogP contribution in [0.25, 0.3) is 0 Å². The molecule has 82 valence electrons. The summed E-state index contributed by atoms with van der Waals surface area (Å²) < 4.78 is 0. The fourth-order valence-electron chi connectivity index (χ4n) is 1.11. The molecule has 0 aliphatic rings. The normalized spacial score (nSPS) is 14.3. The maximum Gasteiger partial charge on any atom is 0.242 e. The third-order valence-corrected chi connectivity index (χ3v) is 2.34. The van der Waals surface area contributed by atoms with Crippen molar-refractivity contribution in [3.05, 3.63) is 35.9 Å². The van der Waals surface area contributed by atoms with Crippen molar-refractivity contribution < 1.29 is 9.90 Å².